The maximum atomic E-state index is 8.88. The van der Waals surface area contributed by atoms with Crippen molar-refractivity contribution in [3.8, 4) is 29.0 Å². The number of nitriles is 1. The van der Waals surface area contributed by atoms with E-state index in [0.29, 0.717) is 12.3 Å². The van der Waals surface area contributed by atoms with Crippen molar-refractivity contribution in [2.45, 2.75) is 11.7 Å². The monoisotopic (exact) mass is 350 g/mol. The summed E-state index contributed by atoms with van der Waals surface area (Å²) in [5, 5.41) is 18.2. The lowest BCUT2D eigenvalue weighted by Gasteiger charge is -2.10. The maximum absolute atomic E-state index is 8.88. The Morgan fingerprint density at radius 3 is 2.76 bits per heavy atom. The van der Waals surface area contributed by atoms with Crippen LogP contribution in [-0.2, 0) is 6.54 Å². The molecule has 0 amide bonds. The minimum atomic E-state index is 0.254. The van der Waals surface area contributed by atoms with Crippen LogP contribution in [0.4, 0.5) is 0 Å². The highest BCUT2D eigenvalue weighted by Gasteiger charge is 2.17. The van der Waals surface area contributed by atoms with Gasteiger partial charge in [0.2, 0.25) is 6.79 Å². The van der Waals surface area contributed by atoms with E-state index in [2.05, 4.69) is 16.3 Å². The third-order valence-corrected chi connectivity index (χ3v) is 4.63. The van der Waals surface area contributed by atoms with Crippen LogP contribution in [0.5, 0.6) is 11.5 Å². The molecule has 0 radical (unpaired) electrons. The summed E-state index contributed by atoms with van der Waals surface area (Å²) >= 11 is 1.38. The van der Waals surface area contributed by atoms with Gasteiger partial charge >= 0.3 is 0 Å². The molecule has 2 aromatic carbocycles. The molecule has 25 heavy (non-hydrogen) atoms. The van der Waals surface area contributed by atoms with E-state index in [9.17, 15) is 0 Å². The molecule has 4 rings (SSSR count). The van der Waals surface area contributed by atoms with Gasteiger partial charge in [0.15, 0.2) is 22.5 Å². The van der Waals surface area contributed by atoms with Crippen LogP contribution in [-0.4, -0.2) is 27.3 Å². The third-order valence-electron chi connectivity index (χ3n) is 3.79. The van der Waals surface area contributed by atoms with Gasteiger partial charge in [-0.3, -0.25) is 4.57 Å². The van der Waals surface area contributed by atoms with Crippen molar-refractivity contribution >= 4 is 11.8 Å². The van der Waals surface area contributed by atoms with Gasteiger partial charge in [0.25, 0.3) is 0 Å². The van der Waals surface area contributed by atoms with E-state index in [0.717, 1.165) is 33.6 Å². The minimum Gasteiger partial charge on any atom is -0.454 e. The van der Waals surface area contributed by atoms with Gasteiger partial charge in [-0.05, 0) is 17.7 Å². The molecule has 0 unspecified atom stereocenters. The number of hydrogen-bond acceptors (Lipinski definition) is 6. The van der Waals surface area contributed by atoms with Crippen LogP contribution in [0.15, 0.2) is 53.7 Å². The van der Waals surface area contributed by atoms with Crippen LogP contribution in [0, 0.1) is 11.3 Å². The molecular formula is C18H14N4O2S. The third kappa shape index (κ3) is 3.16. The molecule has 1 aromatic heterocycles. The molecular weight excluding hydrogens is 336 g/mol. The summed E-state index contributed by atoms with van der Waals surface area (Å²) < 4.78 is 12.8. The van der Waals surface area contributed by atoms with Gasteiger partial charge in [-0.2, -0.15) is 5.26 Å². The molecule has 3 aromatic rings. The Balaban J connectivity index is 1.71. The predicted octanol–water partition coefficient (Wildman–Crippen LogP) is 3.34. The van der Waals surface area contributed by atoms with Crippen molar-refractivity contribution in [3.63, 3.8) is 0 Å². The lowest BCUT2D eigenvalue weighted by Crippen LogP contribution is -2.04. The van der Waals surface area contributed by atoms with Gasteiger partial charge in [0, 0.05) is 5.56 Å². The Kier molecular flexibility index (Phi) is 4.27. The first kappa shape index (κ1) is 15.5. The van der Waals surface area contributed by atoms with Gasteiger partial charge in [-0.15, -0.1) is 10.2 Å². The zero-order chi connectivity index (χ0) is 17.1. The van der Waals surface area contributed by atoms with Crippen molar-refractivity contribution < 1.29 is 9.47 Å². The Labute approximate surface area is 149 Å². The fourth-order valence-electron chi connectivity index (χ4n) is 2.66. The van der Waals surface area contributed by atoms with Crippen molar-refractivity contribution in [1.29, 1.82) is 5.26 Å². The van der Waals surface area contributed by atoms with Crippen LogP contribution in [0.3, 0.4) is 0 Å². The molecule has 2 heterocycles. The van der Waals surface area contributed by atoms with Gasteiger partial charge in [0.1, 0.15) is 0 Å². The van der Waals surface area contributed by atoms with E-state index in [-0.39, 0.29) is 6.79 Å². The molecule has 6 nitrogen and oxygen atoms in total. The fraction of sp³-hybridized carbons (Fsp3) is 0.167. The molecule has 0 atom stereocenters. The maximum Gasteiger partial charge on any atom is 0.231 e. The highest BCUT2D eigenvalue weighted by atomic mass is 32.2. The van der Waals surface area contributed by atoms with Crippen LogP contribution in [0.25, 0.3) is 11.4 Å². The summed E-state index contributed by atoms with van der Waals surface area (Å²) in [5.74, 6) is 2.61. The largest absolute Gasteiger partial charge is 0.454 e. The molecule has 124 valence electrons. The summed E-state index contributed by atoms with van der Waals surface area (Å²) in [7, 11) is 0. The Morgan fingerprint density at radius 1 is 1.08 bits per heavy atom. The zero-order valence-corrected chi connectivity index (χ0v) is 14.1. The highest BCUT2D eigenvalue weighted by molar-refractivity contribution is 7.99. The number of nitrogens with zero attached hydrogens (tertiary/aromatic N) is 4. The first-order chi connectivity index (χ1) is 12.3. The lowest BCUT2D eigenvalue weighted by atomic mass is 10.2. The van der Waals surface area contributed by atoms with E-state index in [1.165, 1.54) is 11.8 Å². The summed E-state index contributed by atoms with van der Waals surface area (Å²) in [6.45, 7) is 0.839. The second-order valence-corrected chi connectivity index (χ2v) is 6.34. The van der Waals surface area contributed by atoms with E-state index in [1.807, 2.05) is 53.1 Å². The Bertz CT molecular complexity index is 934. The average molecular weight is 350 g/mol. The zero-order valence-electron chi connectivity index (χ0n) is 13.3. The fourth-order valence-corrected chi connectivity index (χ4v) is 3.26. The number of hydrogen-bond donors (Lipinski definition) is 0. The molecule has 1 aliphatic heterocycles. The molecule has 0 fully saturated rings. The van der Waals surface area contributed by atoms with Crippen molar-refractivity contribution in [2.24, 2.45) is 0 Å². The minimum absolute atomic E-state index is 0.254. The van der Waals surface area contributed by atoms with E-state index in [1.54, 1.807) is 0 Å². The SMILES string of the molecule is N#CCSc1nnc(-c2ccccc2)n1Cc1ccc2c(c1)OCO2. The smallest absolute Gasteiger partial charge is 0.231 e. The molecule has 7 heteroatoms. The summed E-state index contributed by atoms with van der Waals surface area (Å²) in [6.07, 6.45) is 0. The van der Waals surface area contributed by atoms with E-state index < -0.39 is 0 Å². The second-order valence-electron chi connectivity index (χ2n) is 5.39. The first-order valence-electron chi connectivity index (χ1n) is 7.72. The molecule has 0 bridgehead atoms. The number of ether oxygens (including phenoxy) is 2. The van der Waals surface area contributed by atoms with Crippen LogP contribution in [0.2, 0.25) is 0 Å². The van der Waals surface area contributed by atoms with E-state index in [4.69, 9.17) is 14.7 Å². The highest BCUT2D eigenvalue weighted by Crippen LogP contribution is 2.33. The molecule has 0 saturated carbocycles. The summed E-state index contributed by atoms with van der Waals surface area (Å²) in [6, 6.07) is 17.9. The first-order valence-corrected chi connectivity index (χ1v) is 8.70. The normalized spacial score (nSPS) is 12.1. The van der Waals surface area contributed by atoms with Gasteiger partial charge in [-0.25, -0.2) is 0 Å². The predicted molar refractivity (Wildman–Crippen MR) is 93.5 cm³/mol. The molecule has 0 aliphatic carbocycles. The summed E-state index contributed by atoms with van der Waals surface area (Å²) in [4.78, 5) is 0. The topological polar surface area (TPSA) is 73.0 Å². The number of benzene rings is 2. The van der Waals surface area contributed by atoms with Crippen molar-refractivity contribution in [3.05, 3.63) is 54.1 Å². The summed E-state index contributed by atoms with van der Waals surface area (Å²) in [5.41, 5.74) is 2.04. The van der Waals surface area contributed by atoms with Crippen molar-refractivity contribution in [1.82, 2.24) is 14.8 Å². The van der Waals surface area contributed by atoms with Crippen LogP contribution in [0.1, 0.15) is 5.56 Å². The number of fused-ring (bicyclic) bond motifs is 1. The molecule has 0 saturated heterocycles. The standard InChI is InChI=1S/C18H14N4O2S/c19-8-9-25-18-21-20-17(14-4-2-1-3-5-14)22(18)11-13-6-7-15-16(10-13)24-12-23-15/h1-7,10H,9,11-12H2. The van der Waals surface area contributed by atoms with E-state index >= 15 is 0 Å². The number of aromatic nitrogens is 3. The Hall–Kier alpha value is -2.98. The average Bonchev–Trinajstić information content (AvgIpc) is 3.27. The van der Waals surface area contributed by atoms with Gasteiger partial charge in [-0.1, -0.05) is 48.2 Å². The molecule has 1 aliphatic rings. The molecule has 0 spiro atoms. The lowest BCUT2D eigenvalue weighted by molar-refractivity contribution is 0.174. The van der Waals surface area contributed by atoms with Crippen molar-refractivity contribution in [2.75, 3.05) is 12.5 Å². The van der Waals surface area contributed by atoms with Gasteiger partial charge in [0.05, 0.1) is 18.4 Å². The van der Waals surface area contributed by atoms with Gasteiger partial charge < -0.3 is 9.47 Å². The molecule has 0 N–H and O–H groups in total. The Morgan fingerprint density at radius 2 is 1.92 bits per heavy atom. The quantitative estimate of drug-likeness (QED) is 0.657. The number of thioether (sulfide) groups is 1. The van der Waals surface area contributed by atoms with Crippen LogP contribution >= 0.6 is 11.8 Å². The second kappa shape index (κ2) is 6.87. The number of rotatable bonds is 5. The van der Waals surface area contributed by atoms with Crippen LogP contribution < -0.4 is 9.47 Å².